The molecule has 1 fully saturated rings. The smallest absolute Gasteiger partial charge is 0.198 e. The molecule has 1 aromatic heterocycles. The number of aromatic amines is 1. The number of hydrogen-bond acceptors (Lipinski definition) is 5. The van der Waals surface area contributed by atoms with Gasteiger partial charge in [-0.15, -0.1) is 12.4 Å². The van der Waals surface area contributed by atoms with Crippen LogP contribution in [0.2, 0.25) is 0 Å². The molecule has 2 aromatic rings. The van der Waals surface area contributed by atoms with E-state index < -0.39 is 9.84 Å². The minimum absolute atomic E-state index is 0. The number of benzene rings is 1. The highest BCUT2D eigenvalue weighted by Crippen LogP contribution is 2.27. The third-order valence-electron chi connectivity index (χ3n) is 4.40. The van der Waals surface area contributed by atoms with Gasteiger partial charge in [-0.05, 0) is 50.6 Å². The van der Waals surface area contributed by atoms with E-state index in [1.165, 1.54) is 0 Å². The first-order chi connectivity index (χ1) is 11.6. The molecule has 25 heavy (non-hydrogen) atoms. The van der Waals surface area contributed by atoms with Gasteiger partial charge >= 0.3 is 0 Å². The summed E-state index contributed by atoms with van der Waals surface area (Å²) in [6, 6.07) is 5.51. The van der Waals surface area contributed by atoms with Gasteiger partial charge in [0, 0.05) is 5.39 Å². The third kappa shape index (κ3) is 4.86. The summed E-state index contributed by atoms with van der Waals surface area (Å²) in [7, 11) is -3.37. The van der Waals surface area contributed by atoms with E-state index in [1.54, 1.807) is 6.07 Å². The van der Waals surface area contributed by atoms with Gasteiger partial charge in [0.2, 0.25) is 0 Å². The van der Waals surface area contributed by atoms with Crippen molar-refractivity contribution in [2.45, 2.75) is 50.2 Å². The molecule has 0 saturated carbocycles. The lowest BCUT2D eigenvalue weighted by Gasteiger charge is -2.23. The lowest BCUT2D eigenvalue weighted by atomic mass is 10.1. The van der Waals surface area contributed by atoms with Crippen LogP contribution in [0, 0.1) is 0 Å². The van der Waals surface area contributed by atoms with E-state index in [2.05, 4.69) is 22.4 Å². The Balaban J connectivity index is 0.00000225. The van der Waals surface area contributed by atoms with Crippen molar-refractivity contribution in [2.75, 3.05) is 18.8 Å². The second kappa shape index (κ2) is 8.87. The largest absolute Gasteiger partial charge is 0.490 e. The Hall–Kier alpha value is -1.31. The van der Waals surface area contributed by atoms with Crippen molar-refractivity contribution in [1.29, 1.82) is 0 Å². The van der Waals surface area contributed by atoms with Crippen LogP contribution in [0.15, 0.2) is 23.2 Å². The molecule has 1 aliphatic heterocycles. The number of ether oxygens (including phenoxy) is 1. The molecule has 0 spiro atoms. The summed E-state index contributed by atoms with van der Waals surface area (Å²) >= 11 is 0. The van der Waals surface area contributed by atoms with Crippen LogP contribution in [0.4, 0.5) is 0 Å². The van der Waals surface area contributed by atoms with Crippen LogP contribution in [0.25, 0.3) is 10.9 Å². The molecule has 0 aliphatic carbocycles. The topological polar surface area (TPSA) is 84.1 Å². The second-order valence-electron chi connectivity index (χ2n) is 6.33. The molecular weight excluding hydrogens is 362 g/mol. The molecule has 0 amide bonds. The van der Waals surface area contributed by atoms with E-state index >= 15 is 0 Å². The number of H-pyrrole nitrogens is 1. The van der Waals surface area contributed by atoms with Crippen LogP contribution < -0.4 is 10.1 Å². The maximum Gasteiger partial charge on any atom is 0.198 e. The van der Waals surface area contributed by atoms with Crippen molar-refractivity contribution in [3.05, 3.63) is 18.2 Å². The number of sulfone groups is 1. The van der Waals surface area contributed by atoms with E-state index in [0.29, 0.717) is 17.6 Å². The van der Waals surface area contributed by atoms with Crippen LogP contribution in [0.1, 0.15) is 39.0 Å². The number of nitrogens with one attached hydrogen (secondary N) is 2. The van der Waals surface area contributed by atoms with Gasteiger partial charge in [-0.1, -0.05) is 19.8 Å². The lowest BCUT2D eigenvalue weighted by Crippen LogP contribution is -2.34. The molecule has 8 heteroatoms. The number of rotatable bonds is 7. The maximum atomic E-state index is 12.6. The highest BCUT2D eigenvalue weighted by molar-refractivity contribution is 7.91. The van der Waals surface area contributed by atoms with Crippen LogP contribution in [0.3, 0.4) is 0 Å². The first-order valence-corrected chi connectivity index (χ1v) is 10.3. The quantitative estimate of drug-likeness (QED) is 0.713. The Labute approximate surface area is 155 Å². The van der Waals surface area contributed by atoms with E-state index in [0.717, 1.165) is 44.3 Å². The Morgan fingerprint density at radius 2 is 2.00 bits per heavy atom. The van der Waals surface area contributed by atoms with E-state index in [1.807, 2.05) is 12.1 Å². The average molecular weight is 388 g/mol. The van der Waals surface area contributed by atoms with Gasteiger partial charge in [0.1, 0.15) is 11.9 Å². The standard InChI is InChI=1S/C17H25N3O3S.ClH/c1-2-3-4-11-24(21,22)17-15-12-14(5-6-16(15)19-20-17)23-13-7-9-18-10-8-13;/h5-6,12-13,18H,2-4,7-11H2,1H3,(H,19,20);1H. The molecule has 1 saturated heterocycles. The van der Waals surface area contributed by atoms with E-state index in [-0.39, 0.29) is 29.3 Å². The molecule has 140 valence electrons. The van der Waals surface area contributed by atoms with Crippen molar-refractivity contribution >= 4 is 33.1 Å². The fraction of sp³-hybridized carbons (Fsp3) is 0.588. The summed E-state index contributed by atoms with van der Waals surface area (Å²) in [6.45, 7) is 3.96. The van der Waals surface area contributed by atoms with Crippen LogP contribution >= 0.6 is 12.4 Å². The van der Waals surface area contributed by atoms with Crippen molar-refractivity contribution < 1.29 is 13.2 Å². The third-order valence-corrected chi connectivity index (χ3v) is 6.13. The van der Waals surface area contributed by atoms with E-state index in [9.17, 15) is 8.42 Å². The summed E-state index contributed by atoms with van der Waals surface area (Å²) in [5, 5.41) is 10.9. The Morgan fingerprint density at radius 3 is 2.72 bits per heavy atom. The lowest BCUT2D eigenvalue weighted by molar-refractivity contribution is 0.162. The fourth-order valence-corrected chi connectivity index (χ4v) is 4.49. The predicted molar refractivity (Wildman–Crippen MR) is 101 cm³/mol. The summed E-state index contributed by atoms with van der Waals surface area (Å²) in [5.41, 5.74) is 0.724. The van der Waals surface area contributed by atoms with Gasteiger partial charge in [0.05, 0.1) is 11.3 Å². The van der Waals surface area contributed by atoms with Gasteiger partial charge in [-0.2, -0.15) is 5.10 Å². The normalized spacial score (nSPS) is 15.9. The van der Waals surface area contributed by atoms with Gasteiger partial charge in [0.25, 0.3) is 0 Å². The zero-order valence-corrected chi connectivity index (χ0v) is 16.1. The minimum Gasteiger partial charge on any atom is -0.490 e. The zero-order valence-electron chi connectivity index (χ0n) is 14.5. The van der Waals surface area contributed by atoms with E-state index in [4.69, 9.17) is 4.74 Å². The van der Waals surface area contributed by atoms with Crippen molar-refractivity contribution in [1.82, 2.24) is 15.5 Å². The number of unbranched alkanes of at least 4 members (excludes halogenated alkanes) is 2. The molecule has 1 aliphatic rings. The summed E-state index contributed by atoms with van der Waals surface area (Å²) in [6.07, 6.45) is 4.67. The first kappa shape index (κ1) is 20.0. The number of hydrogen-bond donors (Lipinski definition) is 2. The fourth-order valence-electron chi connectivity index (χ4n) is 3.02. The van der Waals surface area contributed by atoms with Gasteiger partial charge in [0.15, 0.2) is 14.9 Å². The monoisotopic (exact) mass is 387 g/mol. The second-order valence-corrected chi connectivity index (χ2v) is 8.35. The molecule has 0 bridgehead atoms. The highest BCUT2D eigenvalue weighted by Gasteiger charge is 2.22. The van der Waals surface area contributed by atoms with Gasteiger partial charge in [-0.3, -0.25) is 5.10 Å². The molecular formula is C17H26ClN3O3S. The predicted octanol–water partition coefficient (Wildman–Crippen LogP) is 3.08. The Bertz CT molecular complexity index is 786. The van der Waals surface area contributed by atoms with Crippen molar-refractivity contribution in [2.24, 2.45) is 0 Å². The Morgan fingerprint density at radius 1 is 1.24 bits per heavy atom. The summed E-state index contributed by atoms with van der Waals surface area (Å²) in [4.78, 5) is 0. The molecule has 3 rings (SSSR count). The highest BCUT2D eigenvalue weighted by atomic mass is 35.5. The summed E-state index contributed by atoms with van der Waals surface area (Å²) in [5.74, 6) is 0.848. The minimum atomic E-state index is -3.37. The average Bonchev–Trinajstić information content (AvgIpc) is 3.00. The van der Waals surface area contributed by atoms with Crippen molar-refractivity contribution in [3.8, 4) is 5.75 Å². The number of fused-ring (bicyclic) bond motifs is 1. The van der Waals surface area contributed by atoms with Crippen LogP contribution in [0.5, 0.6) is 5.75 Å². The molecule has 0 atom stereocenters. The first-order valence-electron chi connectivity index (χ1n) is 8.68. The van der Waals surface area contributed by atoms with Gasteiger partial charge in [-0.25, -0.2) is 8.42 Å². The van der Waals surface area contributed by atoms with Crippen LogP contribution in [-0.4, -0.2) is 43.6 Å². The number of piperidine rings is 1. The van der Waals surface area contributed by atoms with Crippen molar-refractivity contribution in [3.63, 3.8) is 0 Å². The summed E-state index contributed by atoms with van der Waals surface area (Å²) < 4.78 is 31.1. The molecule has 6 nitrogen and oxygen atoms in total. The zero-order chi connectivity index (χ0) is 17.0. The molecule has 2 heterocycles. The Kier molecular flexibility index (Phi) is 7.10. The molecule has 0 unspecified atom stereocenters. The number of nitrogens with zero attached hydrogens (tertiary/aromatic N) is 1. The number of halogens is 1. The van der Waals surface area contributed by atoms with Crippen LogP contribution in [-0.2, 0) is 9.84 Å². The number of aromatic nitrogens is 2. The SMILES string of the molecule is CCCCCS(=O)(=O)c1n[nH]c2ccc(OC3CCNCC3)cc12.Cl. The molecule has 1 aromatic carbocycles. The maximum absolute atomic E-state index is 12.6. The van der Waals surface area contributed by atoms with Gasteiger partial charge < -0.3 is 10.1 Å². The molecule has 0 radical (unpaired) electrons. The molecule has 2 N–H and O–H groups in total.